The summed E-state index contributed by atoms with van der Waals surface area (Å²) in [5.74, 6) is -0.936. The number of pyridine rings is 1. The number of fused-ring (bicyclic) bond motifs is 2. The predicted molar refractivity (Wildman–Crippen MR) is 111 cm³/mol. The second-order valence-electron chi connectivity index (χ2n) is 6.63. The Kier molecular flexibility index (Phi) is 5.12. The average Bonchev–Trinajstić information content (AvgIpc) is 3.08. The number of anilines is 1. The lowest BCUT2D eigenvalue weighted by Crippen LogP contribution is -2.14. The Hall–Kier alpha value is -4.21. The van der Waals surface area contributed by atoms with Crippen LogP contribution in [0.2, 0.25) is 0 Å². The van der Waals surface area contributed by atoms with E-state index >= 15 is 0 Å². The van der Waals surface area contributed by atoms with E-state index in [4.69, 9.17) is 19.6 Å². The molecule has 0 fully saturated rings. The van der Waals surface area contributed by atoms with Gasteiger partial charge in [0.25, 0.3) is 0 Å². The molecule has 3 aromatic heterocycles. The van der Waals surface area contributed by atoms with Crippen LogP contribution < -0.4 is 11.3 Å². The van der Waals surface area contributed by atoms with Gasteiger partial charge >= 0.3 is 11.9 Å². The minimum Gasteiger partial charge on any atom is -0.462 e. The van der Waals surface area contributed by atoms with Crippen LogP contribution in [0.25, 0.3) is 22.0 Å². The van der Waals surface area contributed by atoms with Crippen LogP contribution in [0.15, 0.2) is 39.5 Å². The molecule has 0 amide bonds. The Bertz CT molecular complexity index is 1390. The summed E-state index contributed by atoms with van der Waals surface area (Å²) in [5.41, 5.74) is 6.46. The standard InChI is InChI=1S/C21H18N4O6/c1-3-29-21(28)16-10(2)31-19-17(16)18(22)24-14(25-19)9-30-20(27)12-8-15(26)23-13-7-5-4-6-11(12)13/h4-8H,3,9H2,1-2H3,(H,23,26)(H2,22,24,25). The molecule has 0 aliphatic carbocycles. The first-order chi connectivity index (χ1) is 14.9. The van der Waals surface area contributed by atoms with Crippen molar-refractivity contribution in [2.75, 3.05) is 12.3 Å². The van der Waals surface area contributed by atoms with Gasteiger partial charge in [0.05, 0.1) is 17.6 Å². The number of furan rings is 1. The Morgan fingerprint density at radius 3 is 2.71 bits per heavy atom. The number of nitrogens with zero attached hydrogens (tertiary/aromatic N) is 2. The van der Waals surface area contributed by atoms with Gasteiger partial charge < -0.3 is 24.6 Å². The minimum atomic E-state index is -0.715. The number of nitrogen functional groups attached to an aromatic ring is 1. The molecule has 0 atom stereocenters. The number of carbonyl (C=O) groups excluding carboxylic acids is 2. The van der Waals surface area contributed by atoms with Crippen molar-refractivity contribution in [1.29, 1.82) is 0 Å². The lowest BCUT2D eigenvalue weighted by atomic mass is 10.1. The van der Waals surface area contributed by atoms with Crippen LogP contribution in [-0.4, -0.2) is 33.5 Å². The summed E-state index contributed by atoms with van der Waals surface area (Å²) in [4.78, 5) is 47.6. The van der Waals surface area contributed by atoms with E-state index in [1.165, 1.54) is 6.07 Å². The molecule has 0 aliphatic rings. The number of hydrogen-bond acceptors (Lipinski definition) is 9. The molecule has 0 unspecified atom stereocenters. The molecule has 0 aliphatic heterocycles. The Labute approximate surface area is 175 Å². The van der Waals surface area contributed by atoms with Crippen molar-refractivity contribution in [2.24, 2.45) is 0 Å². The molecule has 10 nitrogen and oxygen atoms in total. The van der Waals surface area contributed by atoms with Crippen LogP contribution in [0.4, 0.5) is 5.82 Å². The Balaban J connectivity index is 1.62. The minimum absolute atomic E-state index is 0.00226. The number of esters is 2. The Morgan fingerprint density at radius 2 is 1.94 bits per heavy atom. The molecule has 3 heterocycles. The number of nitrogens with one attached hydrogen (secondary N) is 1. The van der Waals surface area contributed by atoms with Crippen LogP contribution in [-0.2, 0) is 16.1 Å². The van der Waals surface area contributed by atoms with E-state index in [2.05, 4.69) is 15.0 Å². The van der Waals surface area contributed by atoms with Crippen LogP contribution in [0.1, 0.15) is 39.2 Å². The molecule has 3 N–H and O–H groups in total. The first kappa shape index (κ1) is 20.1. The van der Waals surface area contributed by atoms with Crippen molar-refractivity contribution >= 4 is 39.8 Å². The fourth-order valence-corrected chi connectivity index (χ4v) is 3.28. The van der Waals surface area contributed by atoms with Gasteiger partial charge in [0.15, 0.2) is 12.4 Å². The van der Waals surface area contributed by atoms with Crippen molar-refractivity contribution < 1.29 is 23.5 Å². The molecule has 0 radical (unpaired) electrons. The highest BCUT2D eigenvalue weighted by molar-refractivity contribution is 6.07. The monoisotopic (exact) mass is 422 g/mol. The third-order valence-corrected chi connectivity index (χ3v) is 4.58. The van der Waals surface area contributed by atoms with Crippen LogP contribution in [0.3, 0.4) is 0 Å². The molecule has 1 aromatic carbocycles. The SMILES string of the molecule is CCOC(=O)c1c(C)oc2nc(COC(=O)c3cc(=O)[nH]c4ccccc34)nc(N)c12. The fourth-order valence-electron chi connectivity index (χ4n) is 3.28. The van der Waals surface area contributed by atoms with E-state index in [9.17, 15) is 14.4 Å². The summed E-state index contributed by atoms with van der Waals surface area (Å²) in [6.45, 7) is 3.15. The topological polar surface area (TPSA) is 150 Å². The average molecular weight is 422 g/mol. The van der Waals surface area contributed by atoms with Crippen molar-refractivity contribution in [3.63, 3.8) is 0 Å². The maximum Gasteiger partial charge on any atom is 0.342 e. The zero-order valence-electron chi connectivity index (χ0n) is 16.7. The van der Waals surface area contributed by atoms with Gasteiger partial charge in [-0.3, -0.25) is 4.79 Å². The predicted octanol–water partition coefficient (Wildman–Crippen LogP) is 2.49. The number of aromatic amines is 1. The molecular formula is C21H18N4O6. The molecule has 0 saturated carbocycles. The normalized spacial score (nSPS) is 11.0. The van der Waals surface area contributed by atoms with Gasteiger partial charge in [0.2, 0.25) is 11.3 Å². The summed E-state index contributed by atoms with van der Waals surface area (Å²) >= 11 is 0. The first-order valence-electron chi connectivity index (χ1n) is 9.40. The maximum atomic E-state index is 12.6. The van der Waals surface area contributed by atoms with E-state index in [1.807, 2.05) is 0 Å². The van der Waals surface area contributed by atoms with Crippen molar-refractivity contribution in [3.8, 4) is 0 Å². The lowest BCUT2D eigenvalue weighted by Gasteiger charge is -2.07. The van der Waals surface area contributed by atoms with E-state index < -0.39 is 17.5 Å². The van der Waals surface area contributed by atoms with Crippen molar-refractivity contribution in [2.45, 2.75) is 20.5 Å². The second-order valence-corrected chi connectivity index (χ2v) is 6.63. The number of aromatic nitrogens is 3. The fraction of sp³-hybridized carbons (Fsp3) is 0.190. The van der Waals surface area contributed by atoms with Crippen LogP contribution in [0.5, 0.6) is 0 Å². The Morgan fingerprint density at radius 1 is 1.16 bits per heavy atom. The number of aryl methyl sites for hydroxylation is 1. The third kappa shape index (κ3) is 3.70. The highest BCUT2D eigenvalue weighted by Gasteiger charge is 2.24. The molecule has 0 bridgehead atoms. The number of carbonyl (C=O) groups is 2. The van der Waals surface area contributed by atoms with Crippen LogP contribution in [0, 0.1) is 6.92 Å². The number of hydrogen-bond donors (Lipinski definition) is 2. The van der Waals surface area contributed by atoms with Gasteiger partial charge in [-0.2, -0.15) is 4.98 Å². The van der Waals surface area contributed by atoms with Gasteiger partial charge in [-0.25, -0.2) is 14.6 Å². The summed E-state index contributed by atoms with van der Waals surface area (Å²) in [6, 6.07) is 8.05. The highest BCUT2D eigenvalue weighted by Crippen LogP contribution is 2.29. The summed E-state index contributed by atoms with van der Waals surface area (Å²) in [6.07, 6.45) is 0. The van der Waals surface area contributed by atoms with Gasteiger partial charge in [-0.1, -0.05) is 18.2 Å². The molecule has 4 rings (SSSR count). The second kappa shape index (κ2) is 7.90. The largest absolute Gasteiger partial charge is 0.462 e. The number of H-pyrrole nitrogens is 1. The van der Waals surface area contributed by atoms with Crippen LogP contribution >= 0.6 is 0 Å². The zero-order chi connectivity index (χ0) is 22.1. The first-order valence-corrected chi connectivity index (χ1v) is 9.40. The number of rotatable bonds is 5. The van der Waals surface area contributed by atoms with Gasteiger partial charge in [0.1, 0.15) is 17.1 Å². The van der Waals surface area contributed by atoms with Gasteiger partial charge in [-0.05, 0) is 19.9 Å². The molecule has 10 heteroatoms. The summed E-state index contributed by atoms with van der Waals surface area (Å²) in [5, 5.41) is 0.787. The smallest absolute Gasteiger partial charge is 0.342 e. The summed E-state index contributed by atoms with van der Waals surface area (Å²) < 4.78 is 15.9. The molecule has 31 heavy (non-hydrogen) atoms. The number of nitrogens with two attached hydrogens (primary N) is 1. The number of ether oxygens (including phenoxy) is 2. The molecule has 0 saturated heterocycles. The highest BCUT2D eigenvalue weighted by atomic mass is 16.5. The van der Waals surface area contributed by atoms with Crippen molar-refractivity contribution in [3.05, 3.63) is 63.4 Å². The zero-order valence-corrected chi connectivity index (χ0v) is 16.7. The quantitative estimate of drug-likeness (QED) is 0.462. The van der Waals surface area contributed by atoms with E-state index in [0.29, 0.717) is 16.7 Å². The van der Waals surface area contributed by atoms with E-state index in [0.717, 1.165) is 0 Å². The van der Waals surface area contributed by atoms with E-state index in [-0.39, 0.29) is 47.1 Å². The van der Waals surface area contributed by atoms with Gasteiger partial charge in [-0.15, -0.1) is 0 Å². The third-order valence-electron chi connectivity index (χ3n) is 4.58. The summed E-state index contributed by atoms with van der Waals surface area (Å²) in [7, 11) is 0. The molecule has 158 valence electrons. The maximum absolute atomic E-state index is 12.6. The number of para-hydroxylation sites is 1. The van der Waals surface area contributed by atoms with E-state index in [1.54, 1.807) is 38.1 Å². The van der Waals surface area contributed by atoms with Gasteiger partial charge in [0, 0.05) is 17.0 Å². The molecule has 4 aromatic rings. The number of benzene rings is 1. The molecule has 0 spiro atoms. The van der Waals surface area contributed by atoms with Crippen molar-refractivity contribution in [1.82, 2.24) is 15.0 Å². The molecular weight excluding hydrogens is 404 g/mol. The lowest BCUT2D eigenvalue weighted by molar-refractivity contribution is 0.0463.